The zero-order chi connectivity index (χ0) is 14.5. The van der Waals surface area contributed by atoms with Gasteiger partial charge in [0.2, 0.25) is 17.8 Å². The molecule has 0 saturated heterocycles. The molecule has 0 aromatic carbocycles. The molecule has 0 atom stereocenters. The Morgan fingerprint density at radius 1 is 1.10 bits per heavy atom. The molecule has 0 radical (unpaired) electrons. The number of nitrogens with one attached hydrogen (secondary N) is 1. The molecule has 1 N–H and O–H groups in total. The lowest BCUT2D eigenvalue weighted by atomic mass is 9.85. The van der Waals surface area contributed by atoms with E-state index >= 15 is 0 Å². The zero-order valence-corrected chi connectivity index (χ0v) is 13.1. The summed E-state index contributed by atoms with van der Waals surface area (Å²) in [7, 11) is 5.97. The first-order valence-electron chi connectivity index (χ1n) is 7.48. The van der Waals surface area contributed by atoms with E-state index in [0.29, 0.717) is 11.9 Å². The van der Waals surface area contributed by atoms with E-state index in [1.807, 2.05) is 19.0 Å². The number of hydrogen-bond acceptors (Lipinski definition) is 6. The minimum Gasteiger partial charge on any atom is -0.354 e. The molecule has 0 aliphatic heterocycles. The molecule has 1 aromatic heterocycles. The van der Waals surface area contributed by atoms with Crippen LogP contribution in [0.4, 0.5) is 17.8 Å². The van der Waals surface area contributed by atoms with Crippen molar-refractivity contribution in [1.82, 2.24) is 15.0 Å². The summed E-state index contributed by atoms with van der Waals surface area (Å²) in [4.78, 5) is 17.6. The maximum Gasteiger partial charge on any atom is 0.231 e. The Bertz CT molecular complexity index is 430. The Balaban J connectivity index is 2.13. The number of rotatable bonds is 7. The van der Waals surface area contributed by atoms with Crippen LogP contribution in [0.1, 0.15) is 32.6 Å². The Morgan fingerprint density at radius 3 is 2.35 bits per heavy atom. The molecule has 20 heavy (non-hydrogen) atoms. The molecule has 0 spiro atoms. The van der Waals surface area contributed by atoms with Crippen molar-refractivity contribution in [1.29, 1.82) is 0 Å². The van der Waals surface area contributed by atoms with Crippen molar-refractivity contribution in [3.05, 3.63) is 0 Å². The first-order valence-corrected chi connectivity index (χ1v) is 7.48. The standard InChI is InChI=1S/C14H26N6/c1-5-9-15-12-16-13(19(2)3)18-14(17-12)20(4)10-11-7-6-8-11/h11H,5-10H2,1-4H3,(H,15,16,17,18). The van der Waals surface area contributed by atoms with E-state index in [1.54, 1.807) is 0 Å². The van der Waals surface area contributed by atoms with Gasteiger partial charge in [-0.1, -0.05) is 13.3 Å². The first kappa shape index (κ1) is 14.8. The monoisotopic (exact) mass is 278 g/mol. The van der Waals surface area contributed by atoms with Gasteiger partial charge in [-0.25, -0.2) is 0 Å². The van der Waals surface area contributed by atoms with Gasteiger partial charge in [0.15, 0.2) is 0 Å². The van der Waals surface area contributed by atoms with Crippen LogP contribution in [0.2, 0.25) is 0 Å². The number of hydrogen-bond donors (Lipinski definition) is 1. The summed E-state index contributed by atoms with van der Waals surface area (Å²) in [5.41, 5.74) is 0. The van der Waals surface area contributed by atoms with Gasteiger partial charge in [-0.3, -0.25) is 0 Å². The third kappa shape index (κ3) is 3.71. The normalized spacial score (nSPS) is 14.8. The molecule has 1 aliphatic rings. The van der Waals surface area contributed by atoms with Gasteiger partial charge in [0.05, 0.1) is 0 Å². The van der Waals surface area contributed by atoms with Gasteiger partial charge in [-0.05, 0) is 25.2 Å². The summed E-state index contributed by atoms with van der Waals surface area (Å²) in [6, 6.07) is 0. The summed E-state index contributed by atoms with van der Waals surface area (Å²) in [6.45, 7) is 4.04. The van der Waals surface area contributed by atoms with Crippen LogP contribution >= 0.6 is 0 Å². The number of aromatic nitrogens is 3. The van der Waals surface area contributed by atoms with Crippen molar-refractivity contribution in [2.45, 2.75) is 32.6 Å². The van der Waals surface area contributed by atoms with Crippen molar-refractivity contribution < 1.29 is 0 Å². The highest BCUT2D eigenvalue weighted by atomic mass is 15.3. The van der Waals surface area contributed by atoms with E-state index in [0.717, 1.165) is 31.4 Å². The van der Waals surface area contributed by atoms with E-state index < -0.39 is 0 Å². The predicted molar refractivity (Wildman–Crippen MR) is 83.5 cm³/mol. The molecule has 0 unspecified atom stereocenters. The van der Waals surface area contributed by atoms with Crippen LogP contribution in [0.25, 0.3) is 0 Å². The zero-order valence-electron chi connectivity index (χ0n) is 13.1. The molecule has 1 aliphatic carbocycles. The average Bonchev–Trinajstić information content (AvgIpc) is 2.39. The van der Waals surface area contributed by atoms with Crippen LogP contribution in [0.5, 0.6) is 0 Å². The second-order valence-corrected chi connectivity index (χ2v) is 5.76. The SMILES string of the molecule is CCCNc1nc(N(C)C)nc(N(C)CC2CCC2)n1. The minimum atomic E-state index is 0.668. The van der Waals surface area contributed by atoms with Gasteiger partial charge in [0, 0.05) is 34.2 Å². The summed E-state index contributed by atoms with van der Waals surface area (Å²) in [5.74, 6) is 2.93. The molecule has 0 amide bonds. The van der Waals surface area contributed by atoms with Crippen molar-refractivity contribution in [3.8, 4) is 0 Å². The van der Waals surface area contributed by atoms with Crippen molar-refractivity contribution in [2.75, 3.05) is 49.3 Å². The molecule has 0 bridgehead atoms. The topological polar surface area (TPSA) is 57.2 Å². The van der Waals surface area contributed by atoms with Crippen LogP contribution in [0.3, 0.4) is 0 Å². The molecule has 112 valence electrons. The molecule has 6 nitrogen and oxygen atoms in total. The van der Waals surface area contributed by atoms with E-state index in [2.05, 4.69) is 39.1 Å². The minimum absolute atomic E-state index is 0.668. The average molecular weight is 278 g/mol. The number of anilines is 3. The fourth-order valence-electron chi connectivity index (χ4n) is 2.18. The number of nitrogens with zero attached hydrogens (tertiary/aromatic N) is 5. The van der Waals surface area contributed by atoms with Crippen LogP contribution < -0.4 is 15.1 Å². The Hall–Kier alpha value is -1.59. The second-order valence-electron chi connectivity index (χ2n) is 5.76. The summed E-state index contributed by atoms with van der Waals surface area (Å²) in [5, 5.41) is 3.25. The van der Waals surface area contributed by atoms with Gasteiger partial charge < -0.3 is 15.1 Å². The van der Waals surface area contributed by atoms with Gasteiger partial charge in [0.1, 0.15) is 0 Å². The third-order valence-corrected chi connectivity index (χ3v) is 3.64. The van der Waals surface area contributed by atoms with Crippen molar-refractivity contribution >= 4 is 17.8 Å². The van der Waals surface area contributed by atoms with E-state index in [1.165, 1.54) is 19.3 Å². The smallest absolute Gasteiger partial charge is 0.231 e. The third-order valence-electron chi connectivity index (χ3n) is 3.64. The maximum absolute atomic E-state index is 4.54. The summed E-state index contributed by atoms with van der Waals surface area (Å²) >= 11 is 0. The molecule has 1 heterocycles. The van der Waals surface area contributed by atoms with E-state index in [4.69, 9.17) is 0 Å². The predicted octanol–water partition coefficient (Wildman–Crippen LogP) is 2.00. The highest BCUT2D eigenvalue weighted by Crippen LogP contribution is 2.28. The lowest BCUT2D eigenvalue weighted by molar-refractivity contribution is 0.320. The van der Waals surface area contributed by atoms with Crippen molar-refractivity contribution in [3.63, 3.8) is 0 Å². The molecule has 2 rings (SSSR count). The molecular formula is C14H26N6. The Labute approximate surface area is 121 Å². The van der Waals surface area contributed by atoms with Crippen LogP contribution in [0, 0.1) is 5.92 Å². The molecular weight excluding hydrogens is 252 g/mol. The molecule has 1 aromatic rings. The van der Waals surface area contributed by atoms with Gasteiger partial charge in [-0.2, -0.15) is 15.0 Å². The highest BCUT2D eigenvalue weighted by Gasteiger charge is 2.21. The first-order chi connectivity index (χ1) is 9.60. The quantitative estimate of drug-likeness (QED) is 0.823. The lowest BCUT2D eigenvalue weighted by Gasteiger charge is -2.30. The second kappa shape index (κ2) is 6.72. The Kier molecular flexibility index (Phi) is 4.98. The summed E-state index contributed by atoms with van der Waals surface area (Å²) in [6.07, 6.45) is 5.08. The van der Waals surface area contributed by atoms with Gasteiger partial charge in [0.25, 0.3) is 0 Å². The molecule has 1 saturated carbocycles. The fraction of sp³-hybridized carbons (Fsp3) is 0.786. The van der Waals surface area contributed by atoms with Crippen LogP contribution in [-0.2, 0) is 0 Å². The van der Waals surface area contributed by atoms with Crippen molar-refractivity contribution in [2.24, 2.45) is 5.92 Å². The highest BCUT2D eigenvalue weighted by molar-refractivity contribution is 5.44. The van der Waals surface area contributed by atoms with E-state index in [-0.39, 0.29) is 0 Å². The molecule has 1 fully saturated rings. The van der Waals surface area contributed by atoms with Crippen LogP contribution in [-0.4, -0.2) is 49.2 Å². The van der Waals surface area contributed by atoms with E-state index in [9.17, 15) is 0 Å². The van der Waals surface area contributed by atoms with Crippen LogP contribution in [0.15, 0.2) is 0 Å². The largest absolute Gasteiger partial charge is 0.354 e. The summed E-state index contributed by atoms with van der Waals surface area (Å²) < 4.78 is 0. The molecule has 6 heteroatoms. The Morgan fingerprint density at radius 2 is 1.80 bits per heavy atom. The van der Waals surface area contributed by atoms with Gasteiger partial charge >= 0.3 is 0 Å². The van der Waals surface area contributed by atoms with Gasteiger partial charge in [-0.15, -0.1) is 0 Å². The maximum atomic E-state index is 4.54. The fourth-order valence-corrected chi connectivity index (χ4v) is 2.18. The lowest BCUT2D eigenvalue weighted by Crippen LogP contribution is -2.31.